The summed E-state index contributed by atoms with van der Waals surface area (Å²) in [5.74, 6) is -1.20. The Kier molecular flexibility index (Phi) is 12.1. The van der Waals surface area contributed by atoms with Crippen LogP contribution in [0.3, 0.4) is 0 Å². The van der Waals surface area contributed by atoms with Crippen molar-refractivity contribution in [3.8, 4) is 11.5 Å². The predicted octanol–water partition coefficient (Wildman–Crippen LogP) is 5.16. The fourth-order valence-corrected chi connectivity index (χ4v) is 6.90. The Hall–Kier alpha value is -6.02. The molecule has 3 heterocycles. The zero-order valence-electron chi connectivity index (χ0n) is 28.8. The first-order valence-electron chi connectivity index (χ1n) is 17.3. The fraction of sp³-hybridized carbons (Fsp3) is 0.282. The van der Waals surface area contributed by atoms with Crippen LogP contribution in [0.15, 0.2) is 102 Å². The Labute approximate surface area is 310 Å². The monoisotopic (exact) mass is 737 g/mol. The van der Waals surface area contributed by atoms with Crippen molar-refractivity contribution in [3.05, 3.63) is 113 Å². The molecule has 4 aromatic rings. The van der Waals surface area contributed by atoms with E-state index in [9.17, 15) is 28.8 Å². The second-order valence-electron chi connectivity index (χ2n) is 12.7. The van der Waals surface area contributed by atoms with Gasteiger partial charge < -0.3 is 25.4 Å². The lowest BCUT2D eigenvalue weighted by Crippen LogP contribution is -2.64. The number of hydrogen-bond donors (Lipinski definition) is 3. The minimum atomic E-state index is -1.09. The number of nitrogens with one attached hydrogen (secondary N) is 3. The lowest BCUT2D eigenvalue weighted by atomic mass is 9.99. The highest BCUT2D eigenvalue weighted by Crippen LogP contribution is 2.27. The van der Waals surface area contributed by atoms with Gasteiger partial charge in [-0.2, -0.15) is 11.3 Å². The van der Waals surface area contributed by atoms with E-state index in [0.29, 0.717) is 29.2 Å². The highest BCUT2D eigenvalue weighted by atomic mass is 32.1. The van der Waals surface area contributed by atoms with Crippen molar-refractivity contribution in [1.29, 1.82) is 0 Å². The Morgan fingerprint density at radius 1 is 0.868 bits per heavy atom. The number of benzene rings is 3. The molecule has 13 nitrogen and oxygen atoms in total. The second kappa shape index (κ2) is 17.5. The maximum absolute atomic E-state index is 14.0. The number of thiophene rings is 1. The van der Waals surface area contributed by atoms with Gasteiger partial charge in [0, 0.05) is 25.1 Å². The summed E-state index contributed by atoms with van der Waals surface area (Å²) < 4.78 is 11.0. The van der Waals surface area contributed by atoms with Crippen LogP contribution < -0.4 is 20.7 Å². The van der Waals surface area contributed by atoms with E-state index in [1.165, 1.54) is 16.3 Å². The van der Waals surface area contributed by atoms with E-state index in [4.69, 9.17) is 9.47 Å². The van der Waals surface area contributed by atoms with Crippen LogP contribution in [0.5, 0.6) is 11.5 Å². The number of ether oxygens (including phenoxy) is 2. The summed E-state index contributed by atoms with van der Waals surface area (Å²) in [6.07, 6.45) is 0.626. The minimum absolute atomic E-state index is 0.0146. The van der Waals surface area contributed by atoms with Crippen molar-refractivity contribution in [2.75, 3.05) is 18.5 Å². The highest BCUT2D eigenvalue weighted by molar-refractivity contribution is 7.08. The van der Waals surface area contributed by atoms with Gasteiger partial charge in [0.25, 0.3) is 5.91 Å². The molecule has 0 saturated carbocycles. The first-order valence-corrected chi connectivity index (χ1v) is 18.3. The number of Topliss-reactive ketones (excluding diaryl/α,β-unsaturated/α-hetero) is 1. The van der Waals surface area contributed by atoms with Crippen LogP contribution in [0.1, 0.15) is 49.3 Å². The van der Waals surface area contributed by atoms with Gasteiger partial charge in [0.05, 0.1) is 12.5 Å². The van der Waals surface area contributed by atoms with Crippen LogP contribution in [-0.2, 0) is 35.1 Å². The largest absolute Gasteiger partial charge is 0.457 e. The summed E-state index contributed by atoms with van der Waals surface area (Å²) in [5.41, 5.74) is 1.89. The lowest BCUT2D eigenvalue weighted by molar-refractivity contribution is -0.176. The van der Waals surface area contributed by atoms with E-state index in [1.807, 2.05) is 41.1 Å². The average Bonchev–Trinajstić information content (AvgIpc) is 3.65. The van der Waals surface area contributed by atoms with Gasteiger partial charge in [-0.1, -0.05) is 48.5 Å². The normalized spacial score (nSPS) is 17.5. The van der Waals surface area contributed by atoms with Gasteiger partial charge in [0.1, 0.15) is 30.2 Å². The number of rotatable bonds is 13. The molecule has 6 rings (SSSR count). The number of anilines is 1. The summed E-state index contributed by atoms with van der Waals surface area (Å²) in [6.45, 7) is -0.221. The molecule has 5 amide bonds. The molecule has 2 fully saturated rings. The second-order valence-corrected chi connectivity index (χ2v) is 13.5. The standard InChI is InChI=1S/C39H39N5O8S/c45-29(24-51-36(47)22-26-19-21-53-25-26)23-33(27-8-3-1-4-9-27)41-37(48)34-12-7-20-43-35(46)18-17-32(38(49)44(34)43)42-39(50)40-28-13-15-31(16-14-28)52-30-10-5-2-6-11-30/h1-6,8-11,13-16,19,21,25,32-34H,7,12,17-18,20,22-24H2,(H,41,48)(H2,40,42,50)/t32?,33?,34-/m0/s1. The number of urea groups is 1. The Morgan fingerprint density at radius 2 is 1.58 bits per heavy atom. The molecule has 0 radical (unpaired) electrons. The van der Waals surface area contributed by atoms with Gasteiger partial charge in [0.15, 0.2) is 5.78 Å². The summed E-state index contributed by atoms with van der Waals surface area (Å²) >= 11 is 1.45. The number of para-hydroxylation sites is 1. The number of esters is 1. The molecule has 2 unspecified atom stereocenters. The van der Waals surface area contributed by atoms with Crippen molar-refractivity contribution in [1.82, 2.24) is 20.7 Å². The first kappa shape index (κ1) is 36.8. The van der Waals surface area contributed by atoms with Crippen molar-refractivity contribution in [3.63, 3.8) is 0 Å². The van der Waals surface area contributed by atoms with Crippen molar-refractivity contribution in [2.45, 2.75) is 56.7 Å². The average molecular weight is 738 g/mol. The number of fused-ring (bicyclic) bond motifs is 1. The Balaban J connectivity index is 1.10. The number of carbonyl (C=O) groups excluding carboxylic acids is 6. The minimum Gasteiger partial charge on any atom is -0.457 e. The van der Waals surface area contributed by atoms with Gasteiger partial charge in [-0.3, -0.25) is 29.0 Å². The summed E-state index contributed by atoms with van der Waals surface area (Å²) in [7, 11) is 0. The molecule has 0 bridgehead atoms. The zero-order chi connectivity index (χ0) is 37.2. The highest BCUT2D eigenvalue weighted by Gasteiger charge is 2.45. The fourth-order valence-electron chi connectivity index (χ4n) is 6.23. The predicted molar refractivity (Wildman–Crippen MR) is 196 cm³/mol. The van der Waals surface area contributed by atoms with Gasteiger partial charge in [-0.25, -0.2) is 9.80 Å². The molecule has 3 atom stereocenters. The third-order valence-corrected chi connectivity index (χ3v) is 9.57. The third-order valence-electron chi connectivity index (χ3n) is 8.83. The van der Waals surface area contributed by atoms with Crippen LogP contribution in [0, 0.1) is 0 Å². The van der Waals surface area contributed by atoms with Gasteiger partial charge in [0.2, 0.25) is 11.8 Å². The summed E-state index contributed by atoms with van der Waals surface area (Å²) in [5, 5.41) is 14.4. The summed E-state index contributed by atoms with van der Waals surface area (Å²) in [4.78, 5) is 79.7. The van der Waals surface area contributed by atoms with Crippen molar-refractivity contribution < 1.29 is 38.2 Å². The quantitative estimate of drug-likeness (QED) is 0.159. The molecular weight excluding hydrogens is 699 g/mol. The van der Waals surface area contributed by atoms with Gasteiger partial charge in [-0.15, -0.1) is 0 Å². The van der Waals surface area contributed by atoms with Crippen LogP contribution in [-0.4, -0.2) is 70.8 Å². The molecule has 274 valence electrons. The molecule has 2 aliphatic rings. The molecule has 1 aromatic heterocycles. The van der Waals surface area contributed by atoms with E-state index < -0.39 is 54.3 Å². The molecular formula is C39H39N5O8S. The molecule has 2 saturated heterocycles. The smallest absolute Gasteiger partial charge is 0.319 e. The van der Waals surface area contributed by atoms with Crippen LogP contribution in [0.25, 0.3) is 0 Å². The number of amides is 5. The molecule has 3 aromatic carbocycles. The molecule has 2 aliphatic heterocycles. The van der Waals surface area contributed by atoms with Crippen LogP contribution in [0.2, 0.25) is 0 Å². The number of hydrazine groups is 1. The summed E-state index contributed by atoms with van der Waals surface area (Å²) in [6, 6.07) is 23.0. The number of hydrogen-bond acceptors (Lipinski definition) is 9. The van der Waals surface area contributed by atoms with Crippen LogP contribution in [0.4, 0.5) is 10.5 Å². The van der Waals surface area contributed by atoms with Crippen LogP contribution >= 0.6 is 11.3 Å². The number of nitrogens with zero attached hydrogens (tertiary/aromatic N) is 2. The third kappa shape index (κ3) is 9.86. The number of carbonyl (C=O) groups is 6. The molecule has 53 heavy (non-hydrogen) atoms. The zero-order valence-corrected chi connectivity index (χ0v) is 29.6. The maximum atomic E-state index is 14.0. The van der Waals surface area contributed by atoms with E-state index in [0.717, 1.165) is 10.6 Å². The van der Waals surface area contributed by atoms with Crippen molar-refractivity contribution >= 4 is 52.5 Å². The van der Waals surface area contributed by atoms with Gasteiger partial charge >= 0.3 is 12.0 Å². The Morgan fingerprint density at radius 3 is 2.30 bits per heavy atom. The molecule has 0 spiro atoms. The lowest BCUT2D eigenvalue weighted by Gasteiger charge is -2.43. The maximum Gasteiger partial charge on any atom is 0.319 e. The Bertz CT molecular complexity index is 1910. The van der Waals surface area contributed by atoms with E-state index >= 15 is 0 Å². The van der Waals surface area contributed by atoms with E-state index in [2.05, 4.69) is 16.0 Å². The van der Waals surface area contributed by atoms with Crippen molar-refractivity contribution in [2.24, 2.45) is 0 Å². The SMILES string of the molecule is O=C(COC(=O)Cc1ccsc1)CC(NC(=O)[C@@H]1CCCN2C(=O)CCC(NC(=O)Nc3ccc(Oc4ccccc4)cc3)C(=O)N12)c1ccccc1. The molecule has 14 heteroatoms. The van der Waals surface area contributed by atoms with E-state index in [1.54, 1.807) is 60.7 Å². The van der Waals surface area contributed by atoms with Gasteiger partial charge in [-0.05, 0) is 83.6 Å². The van der Waals surface area contributed by atoms with E-state index in [-0.39, 0.29) is 44.6 Å². The molecule has 0 aliphatic carbocycles. The number of ketones is 1. The molecule has 3 N–H and O–H groups in total. The topological polar surface area (TPSA) is 163 Å². The first-order chi connectivity index (χ1) is 25.7.